The molecule has 6 nitrogen and oxygen atoms in total. The maximum absolute atomic E-state index is 11.6. The molecule has 0 saturated heterocycles. The van der Waals surface area contributed by atoms with Gasteiger partial charge in [0.1, 0.15) is 16.5 Å². The number of furan rings is 1. The van der Waals surface area contributed by atoms with Gasteiger partial charge in [-0.05, 0) is 42.5 Å². The summed E-state index contributed by atoms with van der Waals surface area (Å²) < 4.78 is 11.6. The van der Waals surface area contributed by atoms with Crippen molar-refractivity contribution >= 4 is 45.1 Å². The number of esters is 1. The number of ether oxygens (including phenoxy) is 1. The number of carbonyl (C=O) groups is 2. The van der Waals surface area contributed by atoms with Crippen molar-refractivity contribution < 1.29 is 23.8 Å². The van der Waals surface area contributed by atoms with E-state index in [4.69, 9.17) is 9.15 Å². The van der Waals surface area contributed by atoms with Gasteiger partial charge in [0, 0.05) is 11.1 Å². The number of carboxylic acid groups (broad SMARTS) is 1. The van der Waals surface area contributed by atoms with E-state index < -0.39 is 11.9 Å². The molecule has 0 bridgehead atoms. The van der Waals surface area contributed by atoms with Crippen molar-refractivity contribution in [1.82, 2.24) is 4.98 Å². The maximum atomic E-state index is 11.6. The first-order valence-electron chi connectivity index (χ1n) is 9.10. The molecule has 0 atom stereocenters. The van der Waals surface area contributed by atoms with Gasteiger partial charge in [0.25, 0.3) is 0 Å². The number of para-hydroxylation sites is 1. The van der Waals surface area contributed by atoms with Crippen LogP contribution in [0, 0.1) is 0 Å². The van der Waals surface area contributed by atoms with Gasteiger partial charge in [-0.1, -0.05) is 24.3 Å². The molecule has 2 heterocycles. The second kappa shape index (κ2) is 8.34. The van der Waals surface area contributed by atoms with Crippen LogP contribution in [0.5, 0.6) is 0 Å². The number of benzene rings is 2. The van der Waals surface area contributed by atoms with Crippen molar-refractivity contribution in [3.05, 3.63) is 77.0 Å². The minimum Gasteiger partial charge on any atom is -0.481 e. The van der Waals surface area contributed by atoms with Crippen LogP contribution in [0.3, 0.4) is 0 Å². The van der Waals surface area contributed by atoms with Crippen LogP contribution in [-0.2, 0) is 9.53 Å². The van der Waals surface area contributed by atoms with Crippen molar-refractivity contribution in [3.8, 4) is 11.3 Å². The van der Waals surface area contributed by atoms with E-state index in [0.29, 0.717) is 27.7 Å². The second-order valence-electron chi connectivity index (χ2n) is 6.50. The van der Waals surface area contributed by atoms with E-state index in [1.165, 1.54) is 18.4 Å². The normalized spacial score (nSPS) is 11.6. The highest BCUT2D eigenvalue weighted by Crippen LogP contribution is 2.31. The van der Waals surface area contributed by atoms with Gasteiger partial charge in [-0.15, -0.1) is 11.3 Å². The molecule has 0 saturated carbocycles. The number of carbonyl (C=O) groups excluding carboxylic acids is 1. The lowest BCUT2D eigenvalue weighted by Crippen LogP contribution is -2.00. The number of aliphatic carboxylic acids is 1. The number of aromatic nitrogens is 1. The number of hydrogen-bond acceptors (Lipinski definition) is 6. The van der Waals surface area contributed by atoms with E-state index in [0.717, 1.165) is 15.8 Å². The van der Waals surface area contributed by atoms with Crippen molar-refractivity contribution in [2.75, 3.05) is 7.11 Å². The van der Waals surface area contributed by atoms with Crippen molar-refractivity contribution in [2.45, 2.75) is 6.42 Å². The average molecular weight is 419 g/mol. The van der Waals surface area contributed by atoms with E-state index in [9.17, 15) is 14.7 Å². The van der Waals surface area contributed by atoms with Crippen LogP contribution in [0.4, 0.5) is 0 Å². The Morgan fingerprint density at radius 3 is 2.57 bits per heavy atom. The summed E-state index contributed by atoms with van der Waals surface area (Å²) >= 11 is 1.45. The molecule has 0 unspecified atom stereocenters. The van der Waals surface area contributed by atoms with Gasteiger partial charge in [0.05, 0.1) is 29.3 Å². The first-order chi connectivity index (χ1) is 14.5. The van der Waals surface area contributed by atoms with Gasteiger partial charge in [-0.2, -0.15) is 0 Å². The zero-order valence-electron chi connectivity index (χ0n) is 16.0. The largest absolute Gasteiger partial charge is 0.481 e. The number of nitrogens with zero attached hydrogens (tertiary/aromatic N) is 1. The monoisotopic (exact) mass is 419 g/mol. The molecule has 30 heavy (non-hydrogen) atoms. The maximum Gasteiger partial charge on any atom is 0.337 e. The predicted octanol–water partition coefficient (Wildman–Crippen LogP) is 5.36. The smallest absolute Gasteiger partial charge is 0.337 e. The number of methoxy groups -OCH3 is 1. The number of hydrogen-bond donors (Lipinski definition) is 1. The third kappa shape index (κ3) is 4.16. The quantitative estimate of drug-likeness (QED) is 0.423. The molecule has 0 aliphatic carbocycles. The highest BCUT2D eigenvalue weighted by molar-refractivity contribution is 7.19. The molecule has 150 valence electrons. The standard InChI is InChI=1S/C23H17NO5S/c1-28-23(27)15-8-6-14(7-9-15)19-11-10-17(29-19)12-16(13-21(25)26)22-24-18-4-2-3-5-20(18)30-22/h2-12H,13H2,1H3,(H,25,26)/b16-12+. The highest BCUT2D eigenvalue weighted by atomic mass is 32.1. The Balaban J connectivity index is 1.65. The fraction of sp³-hybridized carbons (Fsp3) is 0.0870. The van der Waals surface area contributed by atoms with E-state index in [-0.39, 0.29) is 6.42 Å². The SMILES string of the molecule is COC(=O)c1ccc(-c2ccc(/C=C(\CC(=O)O)c3nc4ccccc4s3)o2)cc1. The fourth-order valence-electron chi connectivity index (χ4n) is 3.01. The molecule has 0 amide bonds. The molecule has 0 spiro atoms. The molecular formula is C23H17NO5S. The van der Waals surface area contributed by atoms with Crippen LogP contribution in [0.25, 0.3) is 33.2 Å². The minimum absolute atomic E-state index is 0.163. The van der Waals surface area contributed by atoms with Gasteiger partial charge in [0.2, 0.25) is 0 Å². The third-order valence-electron chi connectivity index (χ3n) is 4.44. The van der Waals surface area contributed by atoms with Gasteiger partial charge >= 0.3 is 11.9 Å². The molecule has 0 fully saturated rings. The summed E-state index contributed by atoms with van der Waals surface area (Å²) in [7, 11) is 1.33. The Morgan fingerprint density at radius 1 is 1.10 bits per heavy atom. The fourth-order valence-corrected chi connectivity index (χ4v) is 3.99. The number of carboxylic acids is 1. The Hall–Kier alpha value is -3.71. The first-order valence-corrected chi connectivity index (χ1v) is 9.92. The zero-order chi connectivity index (χ0) is 21.1. The zero-order valence-corrected chi connectivity index (χ0v) is 16.8. The van der Waals surface area contributed by atoms with Crippen LogP contribution in [0.2, 0.25) is 0 Å². The third-order valence-corrected chi connectivity index (χ3v) is 5.56. The molecule has 2 aromatic heterocycles. The molecule has 7 heteroatoms. The van der Waals surface area contributed by atoms with E-state index in [1.807, 2.05) is 24.3 Å². The lowest BCUT2D eigenvalue weighted by molar-refractivity contribution is -0.135. The molecule has 4 rings (SSSR count). The number of rotatable bonds is 6. The Bertz CT molecular complexity index is 1220. The summed E-state index contributed by atoms with van der Waals surface area (Å²) in [5, 5.41) is 9.99. The Kier molecular flexibility index (Phi) is 5.45. The van der Waals surface area contributed by atoms with Gasteiger partial charge in [-0.25, -0.2) is 9.78 Å². The van der Waals surface area contributed by atoms with Crippen LogP contribution < -0.4 is 0 Å². The van der Waals surface area contributed by atoms with Crippen LogP contribution in [0.1, 0.15) is 27.5 Å². The van der Waals surface area contributed by atoms with Crippen LogP contribution in [-0.4, -0.2) is 29.1 Å². The van der Waals surface area contributed by atoms with Crippen LogP contribution in [0.15, 0.2) is 65.1 Å². The van der Waals surface area contributed by atoms with E-state index in [1.54, 1.807) is 42.5 Å². The van der Waals surface area contributed by atoms with Gasteiger partial charge in [0.15, 0.2) is 0 Å². The predicted molar refractivity (Wildman–Crippen MR) is 115 cm³/mol. The number of thiazole rings is 1. The lowest BCUT2D eigenvalue weighted by Gasteiger charge is -2.01. The summed E-state index contributed by atoms with van der Waals surface area (Å²) in [6.45, 7) is 0. The molecule has 1 N–H and O–H groups in total. The van der Waals surface area contributed by atoms with E-state index in [2.05, 4.69) is 4.98 Å². The minimum atomic E-state index is -0.939. The summed E-state index contributed by atoms with van der Waals surface area (Å²) in [6.07, 6.45) is 1.54. The lowest BCUT2D eigenvalue weighted by atomic mass is 10.1. The summed E-state index contributed by atoms with van der Waals surface area (Å²) in [5.41, 5.74) is 2.65. The van der Waals surface area contributed by atoms with Crippen molar-refractivity contribution in [3.63, 3.8) is 0 Å². The highest BCUT2D eigenvalue weighted by Gasteiger charge is 2.14. The molecule has 4 aromatic rings. The first kappa shape index (κ1) is 19.6. The molecule has 0 aliphatic heterocycles. The topological polar surface area (TPSA) is 89.6 Å². The second-order valence-corrected chi connectivity index (χ2v) is 7.53. The van der Waals surface area contributed by atoms with Crippen molar-refractivity contribution in [2.24, 2.45) is 0 Å². The summed E-state index contributed by atoms with van der Waals surface area (Å²) in [5.74, 6) is -0.210. The molecular weight excluding hydrogens is 402 g/mol. The average Bonchev–Trinajstić information content (AvgIpc) is 3.39. The molecule has 0 aliphatic rings. The summed E-state index contributed by atoms with van der Waals surface area (Å²) in [4.78, 5) is 27.5. The summed E-state index contributed by atoms with van der Waals surface area (Å²) in [6, 6.07) is 18.1. The molecule has 2 aromatic carbocycles. The van der Waals surface area contributed by atoms with Gasteiger partial charge in [-0.3, -0.25) is 4.79 Å². The Labute approximate surface area is 176 Å². The van der Waals surface area contributed by atoms with Gasteiger partial charge < -0.3 is 14.3 Å². The molecule has 0 radical (unpaired) electrons. The van der Waals surface area contributed by atoms with E-state index >= 15 is 0 Å². The van der Waals surface area contributed by atoms with Crippen LogP contribution >= 0.6 is 11.3 Å². The van der Waals surface area contributed by atoms with Crippen molar-refractivity contribution in [1.29, 1.82) is 0 Å². The Morgan fingerprint density at radius 2 is 1.87 bits per heavy atom. The number of fused-ring (bicyclic) bond motifs is 1.